The van der Waals surface area contributed by atoms with Crippen LogP contribution in [0, 0.1) is 0 Å². The Kier molecular flexibility index (Phi) is 4.31. The zero-order valence-electron chi connectivity index (χ0n) is 10.7. The van der Waals surface area contributed by atoms with Crippen LogP contribution in [0.4, 0.5) is 4.79 Å². The number of amides is 2. The Balaban J connectivity index is 2.77. The quantitative estimate of drug-likeness (QED) is 0.890. The number of hydrogen-bond acceptors (Lipinski definition) is 3. The third kappa shape index (κ3) is 4.45. The normalized spacial score (nSPS) is 12.6. The molecule has 97 valence electrons. The summed E-state index contributed by atoms with van der Waals surface area (Å²) >= 11 is 0. The second-order valence-electron chi connectivity index (χ2n) is 4.85. The molecule has 1 aromatic rings. The molecule has 0 spiro atoms. The van der Waals surface area contributed by atoms with Gasteiger partial charge in [-0.25, -0.2) is 4.79 Å². The zero-order chi connectivity index (χ0) is 13.8. The molecule has 1 radical (unpaired) electrons. The minimum Gasteiger partial charge on any atom is -0.444 e. The van der Waals surface area contributed by atoms with E-state index in [9.17, 15) is 9.59 Å². The van der Waals surface area contributed by atoms with E-state index < -0.39 is 23.6 Å². The third-order valence-corrected chi connectivity index (χ3v) is 2.06. The van der Waals surface area contributed by atoms with Gasteiger partial charge >= 0.3 is 6.09 Å². The summed E-state index contributed by atoms with van der Waals surface area (Å²) < 4.78 is 5.05. The van der Waals surface area contributed by atoms with Gasteiger partial charge in [0.25, 0.3) is 5.91 Å². The van der Waals surface area contributed by atoms with Gasteiger partial charge in [-0.3, -0.25) is 10.5 Å². The summed E-state index contributed by atoms with van der Waals surface area (Å²) in [6, 6.07) is 7.62. The summed E-state index contributed by atoms with van der Waals surface area (Å²) in [5.74, 6) is -0.882. The molecule has 1 rings (SSSR count). The molecule has 0 aliphatic rings. The van der Waals surface area contributed by atoms with Crippen LogP contribution < -0.4 is 11.1 Å². The fraction of sp³-hybridized carbons (Fsp3) is 0.385. The van der Waals surface area contributed by atoms with Crippen LogP contribution in [-0.4, -0.2) is 17.6 Å². The van der Waals surface area contributed by atoms with E-state index in [1.807, 2.05) is 0 Å². The van der Waals surface area contributed by atoms with Crippen molar-refractivity contribution in [3.63, 3.8) is 0 Å². The second-order valence-corrected chi connectivity index (χ2v) is 4.85. The van der Waals surface area contributed by atoms with Crippen molar-refractivity contribution in [1.29, 1.82) is 0 Å². The molecule has 0 saturated carbocycles. The topological polar surface area (TPSA) is 79.2 Å². The molecule has 5 nitrogen and oxygen atoms in total. The van der Waals surface area contributed by atoms with E-state index in [0.717, 1.165) is 0 Å². The molecule has 0 aliphatic carbocycles. The highest BCUT2D eigenvalue weighted by Crippen LogP contribution is 2.14. The number of ether oxygens (including phenoxy) is 1. The first-order valence-electron chi connectivity index (χ1n) is 5.59. The van der Waals surface area contributed by atoms with Gasteiger partial charge in [0.05, 0.1) is 0 Å². The predicted octanol–water partition coefficient (Wildman–Crippen LogP) is 2.06. The van der Waals surface area contributed by atoms with E-state index in [1.165, 1.54) is 0 Å². The Labute approximate surface area is 106 Å². The lowest BCUT2D eigenvalue weighted by molar-refractivity contribution is -0.120. The molecule has 0 heterocycles. The predicted molar refractivity (Wildman–Crippen MR) is 66.7 cm³/mol. The Bertz CT molecular complexity index is 424. The summed E-state index contributed by atoms with van der Waals surface area (Å²) in [7, 11) is 0. The van der Waals surface area contributed by atoms with Gasteiger partial charge in [0.2, 0.25) is 0 Å². The van der Waals surface area contributed by atoms with Crippen LogP contribution in [0.25, 0.3) is 0 Å². The van der Waals surface area contributed by atoms with Crippen molar-refractivity contribution < 1.29 is 14.3 Å². The molecule has 5 heteroatoms. The van der Waals surface area contributed by atoms with Crippen molar-refractivity contribution in [2.45, 2.75) is 32.4 Å². The maximum atomic E-state index is 11.6. The van der Waals surface area contributed by atoms with E-state index in [1.54, 1.807) is 51.1 Å². The van der Waals surface area contributed by atoms with Crippen molar-refractivity contribution in [3.05, 3.63) is 35.9 Å². The Morgan fingerprint density at radius 2 is 1.78 bits per heavy atom. The SMILES string of the molecule is CC(C)(C)OC(=O)NC(C([NH])=O)c1ccccc1. The summed E-state index contributed by atoms with van der Waals surface area (Å²) in [5.41, 5.74) is 7.10. The monoisotopic (exact) mass is 249 g/mol. The summed E-state index contributed by atoms with van der Waals surface area (Å²) in [6.07, 6.45) is -0.711. The average molecular weight is 249 g/mol. The van der Waals surface area contributed by atoms with Gasteiger partial charge in [-0.15, -0.1) is 0 Å². The molecule has 0 aliphatic heterocycles. The summed E-state index contributed by atoms with van der Waals surface area (Å²) in [5, 5.41) is 2.39. The van der Waals surface area contributed by atoms with Gasteiger partial charge in [-0.2, -0.15) is 0 Å². The third-order valence-electron chi connectivity index (χ3n) is 2.06. The summed E-state index contributed by atoms with van der Waals surface area (Å²) in [4.78, 5) is 22.8. The molecule has 1 atom stereocenters. The summed E-state index contributed by atoms with van der Waals surface area (Å²) in [6.45, 7) is 5.19. The number of alkyl carbamates (subject to hydrolysis) is 1. The molecular weight excluding hydrogens is 232 g/mol. The lowest BCUT2D eigenvalue weighted by Crippen LogP contribution is -2.38. The average Bonchev–Trinajstić information content (AvgIpc) is 2.24. The van der Waals surface area contributed by atoms with Gasteiger partial charge in [-0.1, -0.05) is 30.3 Å². The molecule has 0 aromatic heterocycles. The highest BCUT2D eigenvalue weighted by atomic mass is 16.6. The lowest BCUT2D eigenvalue weighted by atomic mass is 10.1. The Morgan fingerprint density at radius 1 is 1.22 bits per heavy atom. The standard InChI is InChI=1S/C13H17N2O3/c1-13(2,3)18-12(17)15-10(11(14)16)9-7-5-4-6-8-9/h4-8,10,14H,1-3H3,(H,15,17). The van der Waals surface area contributed by atoms with Gasteiger partial charge in [0.1, 0.15) is 11.6 Å². The van der Waals surface area contributed by atoms with Crippen molar-refractivity contribution in [1.82, 2.24) is 11.1 Å². The lowest BCUT2D eigenvalue weighted by Gasteiger charge is -2.22. The number of benzene rings is 1. The van der Waals surface area contributed by atoms with E-state index in [2.05, 4.69) is 5.32 Å². The van der Waals surface area contributed by atoms with Gasteiger partial charge in [0.15, 0.2) is 0 Å². The number of carbonyl (C=O) groups excluding carboxylic acids is 2. The first kappa shape index (κ1) is 14.0. The van der Waals surface area contributed by atoms with Crippen molar-refractivity contribution in [2.24, 2.45) is 0 Å². The van der Waals surface area contributed by atoms with Gasteiger partial charge in [0, 0.05) is 0 Å². The highest BCUT2D eigenvalue weighted by molar-refractivity contribution is 5.85. The molecule has 0 fully saturated rings. The number of hydrogen-bond donors (Lipinski definition) is 1. The van der Waals surface area contributed by atoms with Gasteiger partial charge in [-0.05, 0) is 26.3 Å². The van der Waals surface area contributed by atoms with Crippen LogP contribution in [0.5, 0.6) is 0 Å². The Hall–Kier alpha value is -2.04. The van der Waals surface area contributed by atoms with Crippen molar-refractivity contribution in [3.8, 4) is 0 Å². The van der Waals surface area contributed by atoms with Crippen LogP contribution in [-0.2, 0) is 9.53 Å². The van der Waals surface area contributed by atoms with Crippen LogP contribution in [0.3, 0.4) is 0 Å². The fourth-order valence-corrected chi connectivity index (χ4v) is 1.37. The molecule has 0 saturated heterocycles. The number of carbonyl (C=O) groups is 2. The molecule has 2 amide bonds. The maximum absolute atomic E-state index is 11.6. The number of rotatable bonds is 3. The second kappa shape index (κ2) is 5.53. The van der Waals surface area contributed by atoms with E-state index >= 15 is 0 Å². The molecular formula is C13H17N2O3. The van der Waals surface area contributed by atoms with Crippen LogP contribution in [0.2, 0.25) is 0 Å². The molecule has 18 heavy (non-hydrogen) atoms. The molecule has 2 N–H and O–H groups in total. The van der Waals surface area contributed by atoms with Crippen LogP contribution in [0.15, 0.2) is 30.3 Å². The minimum absolute atomic E-state index is 0.559. The smallest absolute Gasteiger partial charge is 0.408 e. The molecule has 1 aromatic carbocycles. The van der Waals surface area contributed by atoms with Crippen molar-refractivity contribution in [2.75, 3.05) is 0 Å². The van der Waals surface area contributed by atoms with Gasteiger partial charge < -0.3 is 10.1 Å². The molecule has 0 bridgehead atoms. The maximum Gasteiger partial charge on any atom is 0.408 e. The Morgan fingerprint density at radius 3 is 2.22 bits per heavy atom. The van der Waals surface area contributed by atoms with E-state index in [0.29, 0.717) is 5.56 Å². The fourth-order valence-electron chi connectivity index (χ4n) is 1.37. The first-order chi connectivity index (χ1) is 8.29. The molecule has 1 unspecified atom stereocenters. The minimum atomic E-state index is -0.999. The van der Waals surface area contributed by atoms with E-state index in [4.69, 9.17) is 10.5 Å². The number of nitrogens with one attached hydrogen (secondary N) is 2. The highest BCUT2D eigenvalue weighted by Gasteiger charge is 2.24. The zero-order valence-corrected chi connectivity index (χ0v) is 10.7. The van der Waals surface area contributed by atoms with Crippen LogP contribution in [0.1, 0.15) is 32.4 Å². The largest absolute Gasteiger partial charge is 0.444 e. The van der Waals surface area contributed by atoms with Crippen molar-refractivity contribution >= 4 is 12.0 Å². The van der Waals surface area contributed by atoms with E-state index in [-0.39, 0.29) is 0 Å². The first-order valence-corrected chi connectivity index (χ1v) is 5.59. The van der Waals surface area contributed by atoms with Crippen LogP contribution >= 0.6 is 0 Å².